The topological polar surface area (TPSA) is 90.7 Å². The van der Waals surface area contributed by atoms with E-state index in [1.54, 1.807) is 12.1 Å². The van der Waals surface area contributed by atoms with Gasteiger partial charge in [0.2, 0.25) is 0 Å². The van der Waals surface area contributed by atoms with Crippen LogP contribution >= 0.6 is 0 Å². The Balaban J connectivity index is 2.11. The van der Waals surface area contributed by atoms with Crippen molar-refractivity contribution in [3.63, 3.8) is 0 Å². The summed E-state index contributed by atoms with van der Waals surface area (Å²) in [4.78, 5) is 15.4. The minimum absolute atomic E-state index is 0.0889. The SMILES string of the molecule is NC(N)=NC(=O)c1ccc2c(c1)C(c1cccc(F)c1F)=CCO2. The molecule has 1 aliphatic rings. The van der Waals surface area contributed by atoms with Crippen LogP contribution in [-0.4, -0.2) is 18.5 Å². The van der Waals surface area contributed by atoms with Gasteiger partial charge in [-0.05, 0) is 35.9 Å². The van der Waals surface area contributed by atoms with Crippen LogP contribution in [0.2, 0.25) is 0 Å². The first kappa shape index (κ1) is 15.7. The van der Waals surface area contributed by atoms with Crippen LogP contribution in [0.5, 0.6) is 5.75 Å². The number of ether oxygens (including phenoxy) is 1. The minimum Gasteiger partial charge on any atom is -0.489 e. The van der Waals surface area contributed by atoms with Gasteiger partial charge < -0.3 is 16.2 Å². The number of carbonyl (C=O) groups excluding carboxylic acids is 1. The fourth-order valence-corrected chi connectivity index (χ4v) is 2.47. The van der Waals surface area contributed by atoms with E-state index in [4.69, 9.17) is 16.2 Å². The summed E-state index contributed by atoms with van der Waals surface area (Å²) in [5, 5.41) is 0. The molecule has 0 fully saturated rings. The summed E-state index contributed by atoms with van der Waals surface area (Å²) in [6.45, 7) is 0.208. The molecule has 1 heterocycles. The number of guanidine groups is 1. The summed E-state index contributed by atoms with van der Waals surface area (Å²) < 4.78 is 33.1. The lowest BCUT2D eigenvalue weighted by molar-refractivity contribution is 0.100. The fraction of sp³-hybridized carbons (Fsp3) is 0.0588. The Labute approximate surface area is 136 Å². The van der Waals surface area contributed by atoms with Gasteiger partial charge in [-0.15, -0.1) is 0 Å². The molecule has 2 aromatic rings. The largest absolute Gasteiger partial charge is 0.489 e. The van der Waals surface area contributed by atoms with E-state index in [1.807, 2.05) is 0 Å². The Morgan fingerprint density at radius 2 is 1.92 bits per heavy atom. The maximum atomic E-state index is 14.1. The highest BCUT2D eigenvalue weighted by atomic mass is 19.2. The zero-order valence-electron chi connectivity index (χ0n) is 12.4. The second-order valence-electron chi connectivity index (χ2n) is 5.08. The van der Waals surface area contributed by atoms with Crippen molar-refractivity contribution >= 4 is 17.4 Å². The normalized spacial score (nSPS) is 12.7. The molecule has 4 N–H and O–H groups in total. The second-order valence-corrected chi connectivity index (χ2v) is 5.08. The molecule has 7 heteroatoms. The quantitative estimate of drug-likeness (QED) is 0.653. The van der Waals surface area contributed by atoms with Crippen molar-refractivity contribution in [1.82, 2.24) is 0 Å². The van der Waals surface area contributed by atoms with E-state index in [0.29, 0.717) is 16.9 Å². The molecule has 0 aliphatic carbocycles. The molecular weight excluding hydrogens is 316 g/mol. The Morgan fingerprint density at radius 3 is 2.67 bits per heavy atom. The average molecular weight is 329 g/mol. The van der Waals surface area contributed by atoms with Gasteiger partial charge in [0, 0.05) is 16.7 Å². The molecule has 24 heavy (non-hydrogen) atoms. The molecule has 0 spiro atoms. The maximum absolute atomic E-state index is 14.1. The molecule has 122 valence electrons. The zero-order chi connectivity index (χ0) is 17.3. The van der Waals surface area contributed by atoms with E-state index < -0.39 is 17.5 Å². The number of nitrogens with two attached hydrogens (primary N) is 2. The molecule has 1 aliphatic heterocycles. The van der Waals surface area contributed by atoms with Crippen LogP contribution < -0.4 is 16.2 Å². The number of benzene rings is 2. The summed E-state index contributed by atoms with van der Waals surface area (Å²) in [6, 6.07) is 8.47. The molecule has 2 aromatic carbocycles. The highest BCUT2D eigenvalue weighted by Crippen LogP contribution is 2.36. The fourth-order valence-electron chi connectivity index (χ4n) is 2.47. The second kappa shape index (κ2) is 6.11. The molecular formula is C17H13F2N3O2. The summed E-state index contributed by atoms with van der Waals surface area (Å²) >= 11 is 0. The van der Waals surface area contributed by atoms with Crippen LogP contribution in [0.25, 0.3) is 5.57 Å². The number of amides is 1. The first-order valence-corrected chi connectivity index (χ1v) is 7.03. The summed E-state index contributed by atoms with van der Waals surface area (Å²) in [5.74, 6) is -2.45. The lowest BCUT2D eigenvalue weighted by Crippen LogP contribution is -2.24. The van der Waals surface area contributed by atoms with E-state index in [2.05, 4.69) is 4.99 Å². The first-order valence-electron chi connectivity index (χ1n) is 7.03. The van der Waals surface area contributed by atoms with Crippen LogP contribution in [0.4, 0.5) is 8.78 Å². The standard InChI is InChI=1S/C17H13F2N3O2/c18-13-3-1-2-11(15(13)19)10-6-7-24-14-5-4-9(8-12(10)14)16(23)22-17(20)21/h1-6,8H,7H2,(H4,20,21,22,23). The van der Waals surface area contributed by atoms with Crippen molar-refractivity contribution in [1.29, 1.82) is 0 Å². The van der Waals surface area contributed by atoms with Crippen molar-refractivity contribution in [3.8, 4) is 5.75 Å². The first-order chi connectivity index (χ1) is 11.5. The number of rotatable bonds is 2. The van der Waals surface area contributed by atoms with Crippen molar-refractivity contribution in [2.45, 2.75) is 0 Å². The average Bonchev–Trinajstić information content (AvgIpc) is 2.56. The van der Waals surface area contributed by atoms with Crippen LogP contribution in [0.1, 0.15) is 21.5 Å². The molecule has 0 radical (unpaired) electrons. The van der Waals surface area contributed by atoms with Crippen LogP contribution in [0.15, 0.2) is 47.5 Å². The van der Waals surface area contributed by atoms with Gasteiger partial charge in [-0.2, -0.15) is 4.99 Å². The highest BCUT2D eigenvalue weighted by Gasteiger charge is 2.21. The third-order valence-corrected chi connectivity index (χ3v) is 3.52. The third kappa shape index (κ3) is 2.83. The van der Waals surface area contributed by atoms with E-state index in [1.165, 1.54) is 24.3 Å². The number of carbonyl (C=O) groups is 1. The Hall–Kier alpha value is -3.22. The number of hydrogen-bond donors (Lipinski definition) is 2. The van der Waals surface area contributed by atoms with Crippen molar-refractivity contribution in [3.05, 3.63) is 70.8 Å². The summed E-state index contributed by atoms with van der Waals surface area (Å²) in [7, 11) is 0. The number of fused-ring (bicyclic) bond motifs is 1. The molecule has 0 saturated heterocycles. The molecule has 0 atom stereocenters. The summed E-state index contributed by atoms with van der Waals surface area (Å²) in [5.41, 5.74) is 11.6. The third-order valence-electron chi connectivity index (χ3n) is 3.52. The van der Waals surface area contributed by atoms with E-state index in [0.717, 1.165) is 6.07 Å². The van der Waals surface area contributed by atoms with Gasteiger partial charge >= 0.3 is 0 Å². The Bertz CT molecular complexity index is 887. The number of halogens is 2. The zero-order valence-corrected chi connectivity index (χ0v) is 12.4. The van der Waals surface area contributed by atoms with E-state index >= 15 is 0 Å². The van der Waals surface area contributed by atoms with Gasteiger partial charge in [0.25, 0.3) is 5.91 Å². The minimum atomic E-state index is -0.961. The number of nitrogens with zero attached hydrogens (tertiary/aromatic N) is 1. The Morgan fingerprint density at radius 1 is 1.12 bits per heavy atom. The lowest BCUT2D eigenvalue weighted by atomic mass is 9.93. The molecule has 0 aromatic heterocycles. The molecule has 0 unspecified atom stereocenters. The molecule has 0 saturated carbocycles. The predicted molar refractivity (Wildman–Crippen MR) is 85.5 cm³/mol. The van der Waals surface area contributed by atoms with E-state index in [9.17, 15) is 13.6 Å². The van der Waals surface area contributed by atoms with Crippen molar-refractivity contribution in [2.24, 2.45) is 16.5 Å². The predicted octanol–water partition coefficient (Wildman–Crippen LogP) is 2.20. The Kier molecular flexibility index (Phi) is 3.99. The lowest BCUT2D eigenvalue weighted by Gasteiger charge is -2.20. The molecule has 3 rings (SSSR count). The summed E-state index contributed by atoms with van der Waals surface area (Å²) in [6.07, 6.45) is 1.62. The van der Waals surface area contributed by atoms with Gasteiger partial charge in [-0.3, -0.25) is 4.79 Å². The van der Waals surface area contributed by atoms with Crippen LogP contribution in [0.3, 0.4) is 0 Å². The van der Waals surface area contributed by atoms with Crippen LogP contribution in [-0.2, 0) is 0 Å². The smallest absolute Gasteiger partial charge is 0.280 e. The van der Waals surface area contributed by atoms with Gasteiger partial charge in [0.1, 0.15) is 12.4 Å². The van der Waals surface area contributed by atoms with Gasteiger partial charge in [-0.1, -0.05) is 12.1 Å². The maximum Gasteiger partial charge on any atom is 0.280 e. The van der Waals surface area contributed by atoms with Crippen molar-refractivity contribution < 1.29 is 18.3 Å². The molecule has 5 nitrogen and oxygen atoms in total. The van der Waals surface area contributed by atoms with Gasteiger partial charge in [0.05, 0.1) is 0 Å². The number of hydrogen-bond acceptors (Lipinski definition) is 2. The van der Waals surface area contributed by atoms with Crippen LogP contribution in [0, 0.1) is 11.6 Å². The number of aliphatic imine (C=N–C) groups is 1. The highest BCUT2D eigenvalue weighted by molar-refractivity contribution is 6.03. The van der Waals surface area contributed by atoms with Gasteiger partial charge in [-0.25, -0.2) is 8.78 Å². The molecule has 0 bridgehead atoms. The van der Waals surface area contributed by atoms with E-state index in [-0.39, 0.29) is 23.7 Å². The van der Waals surface area contributed by atoms with Crippen molar-refractivity contribution in [2.75, 3.05) is 6.61 Å². The monoisotopic (exact) mass is 329 g/mol. The van der Waals surface area contributed by atoms with Gasteiger partial charge in [0.15, 0.2) is 17.6 Å². The molecule has 1 amide bonds.